The highest BCUT2D eigenvalue weighted by Crippen LogP contribution is 2.25. The average molecular weight is 152 g/mol. The Balaban J connectivity index is 2.06. The Labute approximate surface area is 68.4 Å². The van der Waals surface area contributed by atoms with Crippen LogP contribution < -0.4 is 0 Å². The predicted molar refractivity (Wildman–Crippen MR) is 45.5 cm³/mol. The normalized spacial score (nSPS) is 40.7. The van der Waals surface area contributed by atoms with Crippen molar-refractivity contribution in [3.8, 4) is 0 Å². The maximum atomic E-state index is 5.72. The highest BCUT2D eigenvalue weighted by molar-refractivity contribution is 4.93. The van der Waals surface area contributed by atoms with Gasteiger partial charge in [0.25, 0.3) is 0 Å². The third-order valence-corrected chi connectivity index (χ3v) is 2.74. The summed E-state index contributed by atoms with van der Waals surface area (Å²) in [5.74, 6) is 0.852. The Morgan fingerprint density at radius 3 is 3.18 bits per heavy atom. The van der Waals surface area contributed by atoms with E-state index in [0.29, 0.717) is 6.10 Å². The lowest BCUT2D eigenvalue weighted by Crippen LogP contribution is -2.13. The molecule has 0 N–H and O–H groups in total. The number of allylic oxidation sites excluding steroid dienone is 1. The van der Waals surface area contributed by atoms with Crippen molar-refractivity contribution in [1.29, 1.82) is 0 Å². The van der Waals surface area contributed by atoms with E-state index in [1.807, 2.05) is 0 Å². The van der Waals surface area contributed by atoms with E-state index in [-0.39, 0.29) is 0 Å². The first-order valence-corrected chi connectivity index (χ1v) is 4.73. The van der Waals surface area contributed by atoms with Crippen LogP contribution in [0.1, 0.15) is 32.1 Å². The standard InChI is InChI=1S/C10H16O/c1-2-6-10-7-3-5-9(4-1)8-11-10/h2,6,9-10H,1,3-5,7-8H2/b6-2+. The smallest absolute Gasteiger partial charge is 0.0755 e. The summed E-state index contributed by atoms with van der Waals surface area (Å²) in [6.45, 7) is 1.01. The molecule has 2 heterocycles. The molecule has 1 fully saturated rings. The lowest BCUT2D eigenvalue weighted by molar-refractivity contribution is 0.0650. The first-order chi connectivity index (χ1) is 5.45. The summed E-state index contributed by atoms with van der Waals surface area (Å²) >= 11 is 0. The molecule has 0 aromatic rings. The Kier molecular flexibility index (Phi) is 2.27. The summed E-state index contributed by atoms with van der Waals surface area (Å²) < 4.78 is 5.72. The number of fused-ring (bicyclic) bond motifs is 3. The van der Waals surface area contributed by atoms with Crippen molar-refractivity contribution >= 4 is 0 Å². The highest BCUT2D eigenvalue weighted by Gasteiger charge is 2.18. The molecule has 0 aliphatic carbocycles. The molecule has 2 bridgehead atoms. The van der Waals surface area contributed by atoms with Crippen LogP contribution in [0.5, 0.6) is 0 Å². The number of rotatable bonds is 0. The zero-order valence-corrected chi connectivity index (χ0v) is 6.96. The predicted octanol–water partition coefficient (Wildman–Crippen LogP) is 2.52. The van der Waals surface area contributed by atoms with E-state index in [1.165, 1.54) is 32.1 Å². The summed E-state index contributed by atoms with van der Waals surface area (Å²) in [5, 5.41) is 0. The maximum Gasteiger partial charge on any atom is 0.0755 e. The molecule has 1 heteroatoms. The van der Waals surface area contributed by atoms with Gasteiger partial charge in [0.05, 0.1) is 12.7 Å². The van der Waals surface area contributed by atoms with E-state index in [4.69, 9.17) is 4.74 Å². The minimum atomic E-state index is 0.445. The molecule has 0 saturated carbocycles. The van der Waals surface area contributed by atoms with Crippen molar-refractivity contribution in [3.63, 3.8) is 0 Å². The van der Waals surface area contributed by atoms with E-state index < -0.39 is 0 Å². The Morgan fingerprint density at radius 2 is 2.18 bits per heavy atom. The first kappa shape index (κ1) is 7.35. The molecule has 1 nitrogen and oxygen atoms in total. The fourth-order valence-electron chi connectivity index (χ4n) is 1.99. The summed E-state index contributed by atoms with van der Waals surface area (Å²) in [4.78, 5) is 0. The van der Waals surface area contributed by atoms with Gasteiger partial charge >= 0.3 is 0 Å². The Morgan fingerprint density at radius 1 is 1.18 bits per heavy atom. The van der Waals surface area contributed by atoms with Crippen molar-refractivity contribution in [3.05, 3.63) is 12.2 Å². The van der Waals surface area contributed by atoms with Gasteiger partial charge in [0.1, 0.15) is 0 Å². The topological polar surface area (TPSA) is 9.23 Å². The summed E-state index contributed by atoms with van der Waals surface area (Å²) in [5.41, 5.74) is 0. The lowest BCUT2D eigenvalue weighted by atomic mass is 9.99. The Bertz CT molecular complexity index is 151. The number of ether oxygens (including phenoxy) is 1. The van der Waals surface area contributed by atoms with Crippen LogP contribution in [-0.2, 0) is 4.74 Å². The van der Waals surface area contributed by atoms with Crippen molar-refractivity contribution < 1.29 is 4.74 Å². The third kappa shape index (κ3) is 1.84. The van der Waals surface area contributed by atoms with Gasteiger partial charge < -0.3 is 4.74 Å². The van der Waals surface area contributed by atoms with Gasteiger partial charge in [-0.3, -0.25) is 0 Å². The van der Waals surface area contributed by atoms with E-state index in [9.17, 15) is 0 Å². The molecule has 2 aliphatic rings. The van der Waals surface area contributed by atoms with Crippen LogP contribution in [0.25, 0.3) is 0 Å². The monoisotopic (exact) mass is 152 g/mol. The molecular weight excluding hydrogens is 136 g/mol. The molecule has 0 aromatic heterocycles. The van der Waals surface area contributed by atoms with Crippen LogP contribution in [0, 0.1) is 5.92 Å². The maximum absolute atomic E-state index is 5.72. The minimum Gasteiger partial charge on any atom is -0.374 e. The molecule has 2 rings (SSSR count). The fraction of sp³-hybridized carbons (Fsp3) is 0.800. The molecular formula is C10H16O. The molecule has 2 atom stereocenters. The molecule has 0 radical (unpaired) electrons. The quantitative estimate of drug-likeness (QED) is 0.485. The molecule has 2 aliphatic heterocycles. The van der Waals surface area contributed by atoms with Crippen LogP contribution in [0.3, 0.4) is 0 Å². The van der Waals surface area contributed by atoms with Crippen LogP contribution in [0.2, 0.25) is 0 Å². The van der Waals surface area contributed by atoms with Gasteiger partial charge in [0, 0.05) is 0 Å². The first-order valence-electron chi connectivity index (χ1n) is 4.73. The lowest BCUT2D eigenvalue weighted by Gasteiger charge is -2.16. The van der Waals surface area contributed by atoms with Crippen molar-refractivity contribution in [1.82, 2.24) is 0 Å². The molecule has 62 valence electrons. The third-order valence-electron chi connectivity index (χ3n) is 2.74. The molecule has 0 amide bonds. The fourth-order valence-corrected chi connectivity index (χ4v) is 1.99. The summed E-state index contributed by atoms with van der Waals surface area (Å²) in [6.07, 6.45) is 11.6. The van der Waals surface area contributed by atoms with Crippen LogP contribution in [0.4, 0.5) is 0 Å². The van der Waals surface area contributed by atoms with Gasteiger partial charge in [0.15, 0.2) is 0 Å². The molecule has 11 heavy (non-hydrogen) atoms. The largest absolute Gasteiger partial charge is 0.374 e. The van der Waals surface area contributed by atoms with E-state index in [0.717, 1.165) is 12.5 Å². The zero-order valence-electron chi connectivity index (χ0n) is 6.96. The van der Waals surface area contributed by atoms with Gasteiger partial charge in [-0.15, -0.1) is 0 Å². The van der Waals surface area contributed by atoms with Crippen LogP contribution in [-0.4, -0.2) is 12.7 Å². The van der Waals surface area contributed by atoms with Crippen LogP contribution in [0.15, 0.2) is 12.2 Å². The molecule has 0 spiro atoms. The molecule has 2 unspecified atom stereocenters. The highest BCUT2D eigenvalue weighted by atomic mass is 16.5. The average Bonchev–Trinajstić information content (AvgIpc) is 2.11. The van der Waals surface area contributed by atoms with Gasteiger partial charge in [-0.05, 0) is 31.6 Å². The minimum absolute atomic E-state index is 0.445. The van der Waals surface area contributed by atoms with E-state index in [2.05, 4.69) is 12.2 Å². The van der Waals surface area contributed by atoms with Gasteiger partial charge in [-0.25, -0.2) is 0 Å². The second-order valence-electron chi connectivity index (χ2n) is 3.67. The van der Waals surface area contributed by atoms with Gasteiger partial charge in [0.2, 0.25) is 0 Å². The van der Waals surface area contributed by atoms with Crippen LogP contribution >= 0.6 is 0 Å². The second kappa shape index (κ2) is 3.40. The van der Waals surface area contributed by atoms with Crippen molar-refractivity contribution in [2.75, 3.05) is 6.61 Å². The Hall–Kier alpha value is -0.300. The second-order valence-corrected chi connectivity index (χ2v) is 3.67. The SMILES string of the molecule is C1=C/C2CCCC(CC/1)CO2. The zero-order chi connectivity index (χ0) is 7.52. The summed E-state index contributed by atoms with van der Waals surface area (Å²) in [6, 6.07) is 0. The van der Waals surface area contributed by atoms with Gasteiger partial charge in [-0.1, -0.05) is 18.6 Å². The van der Waals surface area contributed by atoms with Gasteiger partial charge in [-0.2, -0.15) is 0 Å². The van der Waals surface area contributed by atoms with Crippen molar-refractivity contribution in [2.45, 2.75) is 38.2 Å². The van der Waals surface area contributed by atoms with E-state index in [1.54, 1.807) is 0 Å². The number of hydrogen-bond donors (Lipinski definition) is 0. The summed E-state index contributed by atoms with van der Waals surface area (Å²) in [7, 11) is 0. The number of hydrogen-bond acceptors (Lipinski definition) is 1. The van der Waals surface area contributed by atoms with E-state index >= 15 is 0 Å². The molecule has 1 saturated heterocycles. The van der Waals surface area contributed by atoms with Crippen molar-refractivity contribution in [2.24, 2.45) is 5.92 Å². The molecule has 0 aromatic carbocycles.